The van der Waals surface area contributed by atoms with Gasteiger partial charge in [-0.15, -0.1) is 0 Å². The predicted octanol–water partition coefficient (Wildman–Crippen LogP) is 0.425. The van der Waals surface area contributed by atoms with Crippen LogP contribution in [-0.2, 0) is 19.1 Å². The molecule has 1 heterocycles. The zero-order valence-electron chi connectivity index (χ0n) is 14.0. The van der Waals surface area contributed by atoms with Crippen LogP contribution >= 0.6 is 0 Å². The Kier molecular flexibility index (Phi) is 5.88. The van der Waals surface area contributed by atoms with E-state index in [0.717, 1.165) is 31.3 Å². The van der Waals surface area contributed by atoms with Crippen LogP contribution in [0.15, 0.2) is 23.4 Å². The quantitative estimate of drug-likeness (QED) is 0.700. The fraction of sp³-hybridized carbons (Fsp3) is 0.312. The number of nitrogens with one attached hydrogen (secondary N) is 1. The molecule has 0 unspecified atom stereocenters. The van der Waals surface area contributed by atoms with Gasteiger partial charge in [0.25, 0.3) is 5.91 Å². The average molecular weight is 370 g/mol. The lowest BCUT2D eigenvalue weighted by atomic mass is 10.1. The molecule has 1 aromatic carbocycles. The van der Waals surface area contributed by atoms with Crippen molar-refractivity contribution in [1.29, 1.82) is 0 Å². The van der Waals surface area contributed by atoms with Crippen molar-refractivity contribution in [1.82, 2.24) is 4.90 Å². The lowest BCUT2D eigenvalue weighted by Crippen LogP contribution is -2.31. The highest BCUT2D eigenvalue weighted by Crippen LogP contribution is 2.27. The highest BCUT2D eigenvalue weighted by molar-refractivity contribution is 6.08. The van der Waals surface area contributed by atoms with Crippen LogP contribution < -0.4 is 5.32 Å². The molecule has 10 heteroatoms. The van der Waals surface area contributed by atoms with Crippen molar-refractivity contribution in [2.75, 3.05) is 39.2 Å². The Balaban J connectivity index is 2.46. The van der Waals surface area contributed by atoms with Gasteiger partial charge in [0.1, 0.15) is 17.1 Å². The lowest BCUT2D eigenvalue weighted by molar-refractivity contribution is -0.136. The summed E-state index contributed by atoms with van der Waals surface area (Å²) in [5, 5.41) is 11.4. The molecule has 0 spiro atoms. The van der Waals surface area contributed by atoms with Gasteiger partial charge in [-0.2, -0.15) is 0 Å². The zero-order chi connectivity index (χ0) is 19.4. The van der Waals surface area contributed by atoms with Gasteiger partial charge in [0.2, 0.25) is 0 Å². The summed E-state index contributed by atoms with van der Waals surface area (Å²) >= 11 is 0. The number of halogens is 2. The molecule has 1 amide bonds. The number of esters is 2. The maximum atomic E-state index is 14.5. The van der Waals surface area contributed by atoms with Crippen molar-refractivity contribution in [3.63, 3.8) is 0 Å². The maximum absolute atomic E-state index is 14.5. The molecular weight excluding hydrogens is 354 g/mol. The second-order valence-corrected chi connectivity index (χ2v) is 5.20. The minimum Gasteiger partial charge on any atom is -0.466 e. The lowest BCUT2D eigenvalue weighted by Gasteiger charge is -2.15. The SMILES string of the molecule is COC(=O)C1=C(Nc2ccc(F)c(C(=O)OC)c2F)C(=O)N(CCO)C1. The monoisotopic (exact) mass is 370 g/mol. The van der Waals surface area contributed by atoms with Crippen molar-refractivity contribution >= 4 is 23.5 Å². The number of amides is 1. The number of benzene rings is 1. The second-order valence-electron chi connectivity index (χ2n) is 5.20. The number of carbonyl (C=O) groups excluding carboxylic acids is 3. The first-order valence-corrected chi connectivity index (χ1v) is 7.40. The van der Waals surface area contributed by atoms with Gasteiger partial charge in [-0.1, -0.05) is 0 Å². The zero-order valence-corrected chi connectivity index (χ0v) is 14.0. The number of aliphatic hydroxyl groups excluding tert-OH is 1. The van der Waals surface area contributed by atoms with Crippen molar-refractivity contribution in [2.24, 2.45) is 0 Å². The largest absolute Gasteiger partial charge is 0.466 e. The van der Waals surface area contributed by atoms with Crippen LogP contribution in [0.3, 0.4) is 0 Å². The third kappa shape index (κ3) is 3.49. The average Bonchev–Trinajstić information content (AvgIpc) is 2.93. The fourth-order valence-corrected chi connectivity index (χ4v) is 2.42. The van der Waals surface area contributed by atoms with E-state index in [1.54, 1.807) is 0 Å². The molecule has 2 N–H and O–H groups in total. The van der Waals surface area contributed by atoms with Crippen molar-refractivity contribution < 1.29 is 37.7 Å². The van der Waals surface area contributed by atoms with Gasteiger partial charge < -0.3 is 24.8 Å². The van der Waals surface area contributed by atoms with E-state index in [-0.39, 0.29) is 31.0 Å². The molecule has 8 nitrogen and oxygen atoms in total. The van der Waals surface area contributed by atoms with Gasteiger partial charge in [-0.3, -0.25) is 4.79 Å². The smallest absolute Gasteiger partial charge is 0.343 e. The third-order valence-corrected chi connectivity index (χ3v) is 3.69. The summed E-state index contributed by atoms with van der Waals surface area (Å²) in [7, 11) is 2.08. The van der Waals surface area contributed by atoms with Crippen LogP contribution in [0.4, 0.5) is 14.5 Å². The van der Waals surface area contributed by atoms with E-state index in [1.165, 1.54) is 0 Å². The van der Waals surface area contributed by atoms with Crippen LogP contribution in [0.25, 0.3) is 0 Å². The number of aliphatic hydroxyl groups is 1. The van der Waals surface area contributed by atoms with E-state index in [4.69, 9.17) is 5.11 Å². The standard InChI is InChI=1S/C16H16F2N2O6/c1-25-15(23)8-7-20(5-6-21)14(22)13(8)19-10-4-3-9(17)11(12(10)18)16(24)26-2/h3-4,19,21H,5-7H2,1-2H3. The van der Waals surface area contributed by atoms with E-state index >= 15 is 0 Å². The Morgan fingerprint density at radius 3 is 2.46 bits per heavy atom. The van der Waals surface area contributed by atoms with Crippen molar-refractivity contribution in [3.8, 4) is 0 Å². The van der Waals surface area contributed by atoms with Crippen LogP contribution in [0.5, 0.6) is 0 Å². The van der Waals surface area contributed by atoms with Crippen molar-refractivity contribution in [2.45, 2.75) is 0 Å². The first-order chi connectivity index (χ1) is 12.3. The minimum atomic E-state index is -1.28. The molecular formula is C16H16F2N2O6. The van der Waals surface area contributed by atoms with E-state index < -0.39 is 40.7 Å². The second kappa shape index (κ2) is 7.91. The molecule has 0 saturated carbocycles. The number of ether oxygens (including phenoxy) is 2. The summed E-state index contributed by atoms with van der Waals surface area (Å²) in [4.78, 5) is 37.0. The number of rotatable bonds is 6. The molecule has 1 aliphatic rings. The Labute approximate surface area is 147 Å². The molecule has 0 bridgehead atoms. The van der Waals surface area contributed by atoms with Gasteiger partial charge in [0.15, 0.2) is 5.82 Å². The Morgan fingerprint density at radius 1 is 1.23 bits per heavy atom. The topological polar surface area (TPSA) is 105 Å². The van der Waals surface area contributed by atoms with Gasteiger partial charge in [-0.05, 0) is 12.1 Å². The third-order valence-electron chi connectivity index (χ3n) is 3.69. The molecule has 2 rings (SSSR count). The molecule has 0 saturated heterocycles. The molecule has 26 heavy (non-hydrogen) atoms. The van der Waals surface area contributed by atoms with Gasteiger partial charge in [0.05, 0.1) is 38.6 Å². The Bertz CT molecular complexity index is 793. The summed E-state index contributed by atoms with van der Waals surface area (Å²) in [5.74, 6) is -5.14. The Hall–Kier alpha value is -3.01. The van der Waals surface area contributed by atoms with E-state index in [2.05, 4.69) is 14.8 Å². The van der Waals surface area contributed by atoms with Gasteiger partial charge >= 0.3 is 11.9 Å². The summed E-state index contributed by atoms with van der Waals surface area (Å²) < 4.78 is 37.2. The minimum absolute atomic E-state index is 0.0518. The number of nitrogens with zero attached hydrogens (tertiary/aromatic N) is 1. The van der Waals surface area contributed by atoms with Gasteiger partial charge in [0, 0.05) is 6.54 Å². The molecule has 0 atom stereocenters. The molecule has 0 aliphatic carbocycles. The molecule has 0 fully saturated rings. The first-order valence-electron chi connectivity index (χ1n) is 7.40. The summed E-state index contributed by atoms with van der Waals surface area (Å²) in [6.45, 7) is -0.546. The normalized spacial score (nSPS) is 13.9. The summed E-state index contributed by atoms with van der Waals surface area (Å²) in [6.07, 6.45) is 0. The van der Waals surface area contributed by atoms with Gasteiger partial charge in [-0.25, -0.2) is 18.4 Å². The number of anilines is 1. The van der Waals surface area contributed by atoms with Crippen molar-refractivity contribution in [3.05, 3.63) is 40.6 Å². The molecule has 1 aliphatic heterocycles. The number of hydrogen-bond donors (Lipinski definition) is 2. The molecule has 140 valence electrons. The number of carbonyl (C=O) groups is 3. The summed E-state index contributed by atoms with van der Waals surface area (Å²) in [5.41, 5.74) is -1.71. The first kappa shape index (κ1) is 19.3. The number of β-amino-alcohol motifs (C(OH)–C–C–N with tert-alkyl or cyclic N) is 1. The molecule has 1 aromatic rings. The Morgan fingerprint density at radius 2 is 1.88 bits per heavy atom. The molecule has 0 aromatic heterocycles. The van der Waals surface area contributed by atoms with Crippen LogP contribution in [0.2, 0.25) is 0 Å². The maximum Gasteiger partial charge on any atom is 0.343 e. The van der Waals surface area contributed by atoms with E-state index in [1.807, 2.05) is 0 Å². The van der Waals surface area contributed by atoms with E-state index in [0.29, 0.717) is 0 Å². The van der Waals surface area contributed by atoms with Crippen LogP contribution in [-0.4, -0.2) is 61.8 Å². The molecule has 0 radical (unpaired) electrons. The predicted molar refractivity (Wildman–Crippen MR) is 84.0 cm³/mol. The van der Waals surface area contributed by atoms with Crippen LogP contribution in [0, 0.1) is 11.6 Å². The number of methoxy groups -OCH3 is 2. The summed E-state index contributed by atoms with van der Waals surface area (Å²) in [6, 6.07) is 1.79. The van der Waals surface area contributed by atoms with E-state index in [9.17, 15) is 23.2 Å². The fourth-order valence-electron chi connectivity index (χ4n) is 2.42. The highest BCUT2D eigenvalue weighted by atomic mass is 19.1. The highest BCUT2D eigenvalue weighted by Gasteiger charge is 2.35. The van der Waals surface area contributed by atoms with Crippen LogP contribution in [0.1, 0.15) is 10.4 Å². The number of hydrogen-bond acceptors (Lipinski definition) is 7.